The van der Waals surface area contributed by atoms with Crippen LogP contribution in [0.25, 0.3) is 6.08 Å². The lowest BCUT2D eigenvalue weighted by molar-refractivity contribution is -0.126. The molecule has 0 unspecified atom stereocenters. The van der Waals surface area contributed by atoms with E-state index in [4.69, 9.17) is 5.26 Å². The van der Waals surface area contributed by atoms with Gasteiger partial charge in [0.2, 0.25) is 5.91 Å². The Balaban J connectivity index is 2.05. The van der Waals surface area contributed by atoms with Crippen molar-refractivity contribution in [3.63, 3.8) is 0 Å². The van der Waals surface area contributed by atoms with Gasteiger partial charge in [0.1, 0.15) is 0 Å². The van der Waals surface area contributed by atoms with E-state index in [2.05, 4.69) is 6.07 Å². The minimum Gasteiger partial charge on any atom is -0.339 e. The smallest absolute Gasteiger partial charge is 0.246 e. The summed E-state index contributed by atoms with van der Waals surface area (Å²) in [6.45, 7) is 0. The molecule has 0 bridgehead atoms. The van der Waals surface area contributed by atoms with Crippen LogP contribution in [0.1, 0.15) is 36.8 Å². The SMILES string of the molecule is CN(C(=O)C=Cc1ccccc1C#N)C1CCCC1. The number of carbonyl (C=O) groups excluding carboxylic acids is 1. The van der Waals surface area contributed by atoms with Crippen LogP contribution >= 0.6 is 0 Å². The fourth-order valence-corrected chi connectivity index (χ4v) is 2.49. The van der Waals surface area contributed by atoms with E-state index in [1.54, 1.807) is 18.2 Å². The number of hydrogen-bond acceptors (Lipinski definition) is 2. The van der Waals surface area contributed by atoms with E-state index in [0.717, 1.165) is 18.4 Å². The van der Waals surface area contributed by atoms with E-state index in [1.165, 1.54) is 12.8 Å². The summed E-state index contributed by atoms with van der Waals surface area (Å²) >= 11 is 0. The third-order valence-corrected chi connectivity index (χ3v) is 3.71. The summed E-state index contributed by atoms with van der Waals surface area (Å²) in [6, 6.07) is 9.79. The van der Waals surface area contributed by atoms with Crippen LogP contribution in [0.5, 0.6) is 0 Å². The van der Waals surface area contributed by atoms with E-state index in [1.807, 2.05) is 30.1 Å². The summed E-state index contributed by atoms with van der Waals surface area (Å²) in [7, 11) is 1.86. The Hall–Kier alpha value is -2.08. The Bertz CT molecular complexity index is 522. The predicted molar refractivity (Wildman–Crippen MR) is 75.2 cm³/mol. The van der Waals surface area contributed by atoms with Crippen molar-refractivity contribution in [2.75, 3.05) is 7.05 Å². The zero-order valence-corrected chi connectivity index (χ0v) is 11.2. The van der Waals surface area contributed by atoms with Gasteiger partial charge in [-0.15, -0.1) is 0 Å². The molecule has 19 heavy (non-hydrogen) atoms. The molecule has 1 amide bonds. The molecule has 0 radical (unpaired) electrons. The molecule has 0 spiro atoms. The number of rotatable bonds is 3. The summed E-state index contributed by atoms with van der Waals surface area (Å²) in [5.41, 5.74) is 1.38. The minimum atomic E-state index is 0.0136. The van der Waals surface area contributed by atoms with Crippen molar-refractivity contribution in [3.05, 3.63) is 41.5 Å². The number of carbonyl (C=O) groups is 1. The Labute approximate surface area is 114 Å². The predicted octanol–water partition coefficient (Wildman–Crippen LogP) is 2.97. The third kappa shape index (κ3) is 3.23. The molecule has 3 nitrogen and oxygen atoms in total. The van der Waals surface area contributed by atoms with E-state index < -0.39 is 0 Å². The van der Waals surface area contributed by atoms with E-state index in [9.17, 15) is 4.79 Å². The second kappa shape index (κ2) is 6.19. The molecular formula is C16H18N2O. The summed E-state index contributed by atoms with van der Waals surface area (Å²) in [6.07, 6.45) is 7.92. The third-order valence-electron chi connectivity index (χ3n) is 3.71. The first-order chi connectivity index (χ1) is 9.22. The normalized spacial score (nSPS) is 15.6. The number of nitrogens with zero attached hydrogens (tertiary/aromatic N) is 2. The summed E-state index contributed by atoms with van der Waals surface area (Å²) in [5, 5.41) is 8.99. The van der Waals surface area contributed by atoms with Crippen LogP contribution in [0.4, 0.5) is 0 Å². The lowest BCUT2D eigenvalue weighted by atomic mass is 10.1. The van der Waals surface area contributed by atoms with Gasteiger partial charge in [-0.25, -0.2) is 0 Å². The fraction of sp³-hybridized carbons (Fsp3) is 0.375. The maximum absolute atomic E-state index is 12.1. The highest BCUT2D eigenvalue weighted by atomic mass is 16.2. The van der Waals surface area contributed by atoms with Crippen molar-refractivity contribution in [2.45, 2.75) is 31.7 Å². The van der Waals surface area contributed by atoms with Crippen LogP contribution in [-0.2, 0) is 4.79 Å². The molecule has 0 aliphatic heterocycles. The van der Waals surface area contributed by atoms with Crippen LogP contribution in [0.3, 0.4) is 0 Å². The van der Waals surface area contributed by atoms with Gasteiger partial charge in [0, 0.05) is 19.2 Å². The van der Waals surface area contributed by atoms with Crippen LogP contribution < -0.4 is 0 Å². The van der Waals surface area contributed by atoms with Gasteiger partial charge in [-0.1, -0.05) is 31.0 Å². The van der Waals surface area contributed by atoms with E-state index in [-0.39, 0.29) is 5.91 Å². The lowest BCUT2D eigenvalue weighted by Crippen LogP contribution is -2.33. The second-order valence-corrected chi connectivity index (χ2v) is 4.92. The molecule has 0 heterocycles. The van der Waals surface area contributed by atoms with Gasteiger partial charge in [0.05, 0.1) is 11.6 Å². The molecule has 1 aliphatic rings. The van der Waals surface area contributed by atoms with Crippen molar-refractivity contribution in [1.29, 1.82) is 5.26 Å². The Kier molecular flexibility index (Phi) is 4.35. The maximum atomic E-state index is 12.1. The van der Waals surface area contributed by atoms with Gasteiger partial charge < -0.3 is 4.90 Å². The average molecular weight is 254 g/mol. The molecule has 98 valence electrons. The quantitative estimate of drug-likeness (QED) is 0.778. The highest BCUT2D eigenvalue weighted by molar-refractivity contribution is 5.92. The molecule has 1 aliphatic carbocycles. The standard InChI is InChI=1S/C16H18N2O/c1-18(15-8-4-5-9-15)16(19)11-10-13-6-2-3-7-14(13)12-17/h2-3,6-7,10-11,15H,4-5,8-9H2,1H3. The molecule has 2 rings (SSSR count). The minimum absolute atomic E-state index is 0.0136. The van der Waals surface area contributed by atoms with Crippen molar-refractivity contribution in [2.24, 2.45) is 0 Å². The number of benzene rings is 1. The van der Waals surface area contributed by atoms with Crippen LogP contribution in [0.15, 0.2) is 30.3 Å². The molecule has 0 aromatic heterocycles. The highest BCUT2D eigenvalue weighted by Crippen LogP contribution is 2.22. The summed E-state index contributed by atoms with van der Waals surface area (Å²) in [4.78, 5) is 13.9. The fourth-order valence-electron chi connectivity index (χ4n) is 2.49. The van der Waals surface area contributed by atoms with Crippen LogP contribution in [0.2, 0.25) is 0 Å². The Morgan fingerprint density at radius 3 is 2.74 bits per heavy atom. The number of amides is 1. The first kappa shape index (κ1) is 13.4. The second-order valence-electron chi connectivity index (χ2n) is 4.92. The van der Waals surface area contributed by atoms with Crippen molar-refractivity contribution in [1.82, 2.24) is 4.90 Å². The summed E-state index contributed by atoms with van der Waals surface area (Å²) < 4.78 is 0. The van der Waals surface area contributed by atoms with Crippen molar-refractivity contribution in [3.8, 4) is 6.07 Å². The maximum Gasteiger partial charge on any atom is 0.246 e. The van der Waals surface area contributed by atoms with Crippen molar-refractivity contribution < 1.29 is 4.79 Å². The van der Waals surface area contributed by atoms with Gasteiger partial charge >= 0.3 is 0 Å². The van der Waals surface area contributed by atoms with E-state index in [0.29, 0.717) is 11.6 Å². The molecule has 1 fully saturated rings. The molecule has 3 heteroatoms. The van der Waals surface area contributed by atoms with Gasteiger partial charge in [0.25, 0.3) is 0 Å². The first-order valence-electron chi connectivity index (χ1n) is 6.66. The number of likely N-dealkylation sites (N-methyl/N-ethyl adjacent to an activating group) is 1. The Morgan fingerprint density at radius 2 is 2.05 bits per heavy atom. The summed E-state index contributed by atoms with van der Waals surface area (Å²) in [5.74, 6) is 0.0136. The molecule has 1 saturated carbocycles. The lowest BCUT2D eigenvalue weighted by Gasteiger charge is -2.22. The average Bonchev–Trinajstić information content (AvgIpc) is 2.98. The van der Waals surface area contributed by atoms with Crippen LogP contribution in [0, 0.1) is 11.3 Å². The van der Waals surface area contributed by atoms with Gasteiger partial charge in [-0.3, -0.25) is 4.79 Å². The monoisotopic (exact) mass is 254 g/mol. The molecule has 1 aromatic carbocycles. The zero-order valence-electron chi connectivity index (χ0n) is 11.2. The first-order valence-corrected chi connectivity index (χ1v) is 6.66. The molecule has 0 saturated heterocycles. The highest BCUT2D eigenvalue weighted by Gasteiger charge is 2.21. The van der Waals surface area contributed by atoms with Gasteiger partial charge in [-0.2, -0.15) is 5.26 Å². The van der Waals surface area contributed by atoms with Gasteiger partial charge in [-0.05, 0) is 30.5 Å². The zero-order chi connectivity index (χ0) is 13.7. The molecule has 0 atom stereocenters. The Morgan fingerprint density at radius 1 is 1.37 bits per heavy atom. The largest absolute Gasteiger partial charge is 0.339 e. The topological polar surface area (TPSA) is 44.1 Å². The molecule has 1 aromatic rings. The molecule has 0 N–H and O–H groups in total. The van der Waals surface area contributed by atoms with Crippen LogP contribution in [-0.4, -0.2) is 23.9 Å². The van der Waals surface area contributed by atoms with Crippen molar-refractivity contribution >= 4 is 12.0 Å². The van der Waals surface area contributed by atoms with E-state index >= 15 is 0 Å². The number of hydrogen-bond donors (Lipinski definition) is 0. The molecular weight excluding hydrogens is 236 g/mol. The number of nitriles is 1. The van der Waals surface area contributed by atoms with Gasteiger partial charge in [0.15, 0.2) is 0 Å².